The van der Waals surface area contributed by atoms with Gasteiger partial charge in [0.1, 0.15) is 6.54 Å². The summed E-state index contributed by atoms with van der Waals surface area (Å²) in [5.41, 5.74) is 0. The molecular formula is C9H15F3N2O2. The molecule has 0 aromatic rings. The number of rotatable bonds is 6. The number of alkyl halides is 3. The Morgan fingerprint density at radius 2 is 2.06 bits per heavy atom. The number of hydrogen-bond donors (Lipinski definition) is 2. The van der Waals surface area contributed by atoms with E-state index >= 15 is 0 Å². The highest BCUT2D eigenvalue weighted by Gasteiger charge is 2.33. The molecule has 0 spiro atoms. The maximum absolute atomic E-state index is 12.1. The normalized spacial score (nSPS) is 16.2. The van der Waals surface area contributed by atoms with Gasteiger partial charge < -0.3 is 15.3 Å². The number of carbonyl (C=O) groups is 1. The Bertz CT molecular complexity index is 241. The van der Waals surface area contributed by atoms with E-state index in [9.17, 15) is 18.0 Å². The lowest BCUT2D eigenvalue weighted by Crippen LogP contribution is -2.44. The van der Waals surface area contributed by atoms with E-state index in [0.717, 1.165) is 12.8 Å². The number of aliphatic hydroxyl groups is 1. The minimum Gasteiger partial charge on any atom is -0.395 e. The summed E-state index contributed by atoms with van der Waals surface area (Å²) in [5, 5.41) is 11.4. The van der Waals surface area contributed by atoms with E-state index in [1.807, 2.05) is 0 Å². The highest BCUT2D eigenvalue weighted by atomic mass is 19.4. The highest BCUT2D eigenvalue weighted by Crippen LogP contribution is 2.19. The van der Waals surface area contributed by atoms with Crippen molar-refractivity contribution in [3.63, 3.8) is 0 Å². The third kappa shape index (κ3) is 5.32. The molecule has 1 rings (SSSR count). The Kier molecular flexibility index (Phi) is 4.55. The van der Waals surface area contributed by atoms with E-state index in [0.29, 0.717) is 4.90 Å². The minimum atomic E-state index is -4.43. The number of carbonyl (C=O) groups excluding carboxylic acids is 1. The van der Waals surface area contributed by atoms with E-state index in [-0.39, 0.29) is 19.1 Å². The van der Waals surface area contributed by atoms with Crippen molar-refractivity contribution in [2.45, 2.75) is 25.1 Å². The third-order valence-electron chi connectivity index (χ3n) is 2.21. The molecule has 16 heavy (non-hydrogen) atoms. The zero-order chi connectivity index (χ0) is 12.2. The SMILES string of the molecule is O=C(CNC1CC1)N(CCO)CC(F)(F)F. The summed E-state index contributed by atoms with van der Waals surface area (Å²) >= 11 is 0. The zero-order valence-electron chi connectivity index (χ0n) is 8.76. The average Bonchev–Trinajstić information content (AvgIpc) is 2.95. The zero-order valence-corrected chi connectivity index (χ0v) is 8.76. The second-order valence-electron chi connectivity index (χ2n) is 3.81. The predicted molar refractivity (Wildman–Crippen MR) is 50.7 cm³/mol. The van der Waals surface area contributed by atoms with Gasteiger partial charge in [-0.1, -0.05) is 0 Å². The molecule has 1 saturated carbocycles. The van der Waals surface area contributed by atoms with Crippen LogP contribution in [0.4, 0.5) is 13.2 Å². The van der Waals surface area contributed by atoms with Crippen molar-refractivity contribution < 1.29 is 23.1 Å². The molecule has 1 fully saturated rings. The first-order chi connectivity index (χ1) is 7.42. The fraction of sp³-hybridized carbons (Fsp3) is 0.889. The fourth-order valence-electron chi connectivity index (χ4n) is 1.26. The fourth-order valence-corrected chi connectivity index (χ4v) is 1.26. The predicted octanol–water partition coefficient (Wildman–Crippen LogP) is 0.122. The van der Waals surface area contributed by atoms with Crippen LogP contribution in [-0.4, -0.2) is 54.4 Å². The van der Waals surface area contributed by atoms with Crippen molar-refractivity contribution >= 4 is 5.91 Å². The second-order valence-corrected chi connectivity index (χ2v) is 3.81. The summed E-state index contributed by atoms with van der Waals surface area (Å²) in [7, 11) is 0. The molecule has 94 valence electrons. The van der Waals surface area contributed by atoms with Crippen molar-refractivity contribution in [1.29, 1.82) is 0 Å². The monoisotopic (exact) mass is 240 g/mol. The van der Waals surface area contributed by atoms with Crippen LogP contribution in [0.25, 0.3) is 0 Å². The first kappa shape index (κ1) is 13.2. The third-order valence-corrected chi connectivity index (χ3v) is 2.21. The van der Waals surface area contributed by atoms with Crippen LogP contribution in [0.1, 0.15) is 12.8 Å². The molecule has 0 atom stereocenters. The lowest BCUT2D eigenvalue weighted by molar-refractivity contribution is -0.161. The van der Waals surface area contributed by atoms with E-state index in [1.165, 1.54) is 0 Å². The van der Waals surface area contributed by atoms with Gasteiger partial charge in [-0.05, 0) is 12.8 Å². The molecule has 4 nitrogen and oxygen atoms in total. The summed E-state index contributed by atoms with van der Waals surface area (Å²) in [6, 6.07) is 0.269. The van der Waals surface area contributed by atoms with E-state index in [4.69, 9.17) is 5.11 Å². The highest BCUT2D eigenvalue weighted by molar-refractivity contribution is 5.78. The lowest BCUT2D eigenvalue weighted by Gasteiger charge is -2.23. The molecule has 0 aromatic carbocycles. The van der Waals surface area contributed by atoms with Crippen LogP contribution in [0.2, 0.25) is 0 Å². The van der Waals surface area contributed by atoms with Gasteiger partial charge in [0.2, 0.25) is 5.91 Å². The second kappa shape index (κ2) is 5.49. The largest absolute Gasteiger partial charge is 0.406 e. The van der Waals surface area contributed by atoms with Crippen LogP contribution in [0.3, 0.4) is 0 Å². The summed E-state index contributed by atoms with van der Waals surface area (Å²) < 4.78 is 36.3. The van der Waals surface area contributed by atoms with Crippen LogP contribution >= 0.6 is 0 Å². The molecule has 1 aliphatic rings. The number of nitrogens with zero attached hydrogens (tertiary/aromatic N) is 1. The lowest BCUT2D eigenvalue weighted by atomic mass is 10.4. The summed E-state index contributed by atoms with van der Waals surface area (Å²) in [6.45, 7) is -2.16. The Labute approximate surface area is 91.4 Å². The van der Waals surface area contributed by atoms with Crippen LogP contribution < -0.4 is 5.32 Å². The number of halogens is 3. The van der Waals surface area contributed by atoms with Crippen molar-refractivity contribution in [2.24, 2.45) is 0 Å². The maximum Gasteiger partial charge on any atom is 0.406 e. The van der Waals surface area contributed by atoms with Crippen molar-refractivity contribution in [2.75, 3.05) is 26.2 Å². The van der Waals surface area contributed by atoms with Gasteiger partial charge in [-0.2, -0.15) is 13.2 Å². The smallest absolute Gasteiger partial charge is 0.395 e. The van der Waals surface area contributed by atoms with Crippen molar-refractivity contribution in [3.05, 3.63) is 0 Å². The van der Waals surface area contributed by atoms with E-state index < -0.39 is 25.2 Å². The van der Waals surface area contributed by atoms with Gasteiger partial charge in [0.15, 0.2) is 0 Å². The first-order valence-electron chi connectivity index (χ1n) is 5.11. The van der Waals surface area contributed by atoms with Crippen molar-refractivity contribution in [1.82, 2.24) is 10.2 Å². The van der Waals surface area contributed by atoms with Crippen LogP contribution in [-0.2, 0) is 4.79 Å². The summed E-state index contributed by atoms with van der Waals surface area (Å²) in [4.78, 5) is 12.0. The van der Waals surface area contributed by atoms with Gasteiger partial charge >= 0.3 is 6.18 Å². The molecule has 0 aliphatic heterocycles. The number of amides is 1. The van der Waals surface area contributed by atoms with E-state index in [1.54, 1.807) is 0 Å². The average molecular weight is 240 g/mol. The molecule has 1 amide bonds. The molecule has 0 bridgehead atoms. The molecule has 0 radical (unpaired) electrons. The van der Waals surface area contributed by atoms with Gasteiger partial charge in [-0.15, -0.1) is 0 Å². The first-order valence-corrected chi connectivity index (χ1v) is 5.11. The number of nitrogens with one attached hydrogen (secondary N) is 1. The summed E-state index contributed by atoms with van der Waals surface area (Å²) in [5.74, 6) is -0.627. The molecule has 7 heteroatoms. The molecule has 0 unspecified atom stereocenters. The Morgan fingerprint density at radius 3 is 2.50 bits per heavy atom. The van der Waals surface area contributed by atoms with Gasteiger partial charge in [-0.25, -0.2) is 0 Å². The Balaban J connectivity index is 2.36. The Morgan fingerprint density at radius 1 is 1.44 bits per heavy atom. The molecule has 0 aromatic heterocycles. The molecule has 0 heterocycles. The van der Waals surface area contributed by atoms with E-state index in [2.05, 4.69) is 5.32 Å². The Hall–Kier alpha value is -0.820. The molecule has 2 N–H and O–H groups in total. The van der Waals surface area contributed by atoms with Crippen LogP contribution in [0, 0.1) is 0 Å². The van der Waals surface area contributed by atoms with Crippen molar-refractivity contribution in [3.8, 4) is 0 Å². The quantitative estimate of drug-likeness (QED) is 0.693. The number of hydrogen-bond acceptors (Lipinski definition) is 3. The molecule has 1 aliphatic carbocycles. The molecular weight excluding hydrogens is 225 g/mol. The standard InChI is InChI=1S/C9H15F3N2O2/c10-9(11,12)6-14(3-4-15)8(16)5-13-7-1-2-7/h7,13,15H,1-6H2. The summed E-state index contributed by atoms with van der Waals surface area (Å²) in [6.07, 6.45) is -2.50. The topological polar surface area (TPSA) is 52.6 Å². The minimum absolute atomic E-state index is 0.0965. The van der Waals surface area contributed by atoms with Gasteiger partial charge in [0, 0.05) is 12.6 Å². The van der Waals surface area contributed by atoms with Gasteiger partial charge in [-0.3, -0.25) is 4.79 Å². The van der Waals surface area contributed by atoms with Crippen LogP contribution in [0.5, 0.6) is 0 Å². The number of aliphatic hydroxyl groups excluding tert-OH is 1. The van der Waals surface area contributed by atoms with Gasteiger partial charge in [0.25, 0.3) is 0 Å². The van der Waals surface area contributed by atoms with Crippen LogP contribution in [0.15, 0.2) is 0 Å². The maximum atomic E-state index is 12.1. The van der Waals surface area contributed by atoms with Gasteiger partial charge in [0.05, 0.1) is 13.2 Å². The molecule has 0 saturated heterocycles.